The van der Waals surface area contributed by atoms with Gasteiger partial charge in [-0.1, -0.05) is 0 Å². The number of anilines is 1. The minimum absolute atomic E-state index is 0.0331. The molecule has 0 saturated carbocycles. The second kappa shape index (κ2) is 9.97. The fraction of sp³-hybridized carbons (Fsp3) is 0.429. The van der Waals surface area contributed by atoms with Gasteiger partial charge in [0.15, 0.2) is 0 Å². The van der Waals surface area contributed by atoms with E-state index in [1.807, 2.05) is 12.1 Å². The number of carbonyl (C=O) groups is 2. The molecule has 8 nitrogen and oxygen atoms in total. The summed E-state index contributed by atoms with van der Waals surface area (Å²) in [5, 5.41) is 2.75. The number of carbonyl (C=O) groups excluding carboxylic acids is 2. The van der Waals surface area contributed by atoms with Crippen molar-refractivity contribution in [2.45, 2.75) is 6.54 Å². The average molecular weight is 400 g/mol. The number of furan rings is 1. The van der Waals surface area contributed by atoms with Crippen LogP contribution in [0.3, 0.4) is 0 Å². The van der Waals surface area contributed by atoms with Gasteiger partial charge in [0.2, 0.25) is 11.8 Å². The van der Waals surface area contributed by atoms with E-state index >= 15 is 0 Å². The van der Waals surface area contributed by atoms with Crippen molar-refractivity contribution >= 4 is 17.5 Å². The van der Waals surface area contributed by atoms with Gasteiger partial charge in [-0.05, 0) is 36.4 Å². The van der Waals surface area contributed by atoms with Gasteiger partial charge in [0, 0.05) is 38.9 Å². The van der Waals surface area contributed by atoms with E-state index in [-0.39, 0.29) is 18.4 Å². The maximum Gasteiger partial charge on any atom is 0.239 e. The van der Waals surface area contributed by atoms with Crippen LogP contribution in [0.1, 0.15) is 5.76 Å². The van der Waals surface area contributed by atoms with Crippen LogP contribution in [-0.4, -0.2) is 75.0 Å². The lowest BCUT2D eigenvalue weighted by atomic mass is 10.2. The molecule has 0 spiro atoms. The fourth-order valence-electron chi connectivity index (χ4n) is 3.23. The highest BCUT2D eigenvalue weighted by molar-refractivity contribution is 5.85. The van der Waals surface area contributed by atoms with Gasteiger partial charge in [-0.3, -0.25) is 14.5 Å². The molecule has 1 aliphatic rings. The van der Waals surface area contributed by atoms with Crippen molar-refractivity contribution in [1.82, 2.24) is 15.1 Å². The highest BCUT2D eigenvalue weighted by atomic mass is 16.5. The number of amides is 2. The van der Waals surface area contributed by atoms with Crippen molar-refractivity contribution in [3.63, 3.8) is 0 Å². The number of likely N-dealkylation sites (N-methyl/N-ethyl adjacent to an activating group) is 1. The quantitative estimate of drug-likeness (QED) is 0.717. The van der Waals surface area contributed by atoms with Gasteiger partial charge in [-0.15, -0.1) is 0 Å². The Morgan fingerprint density at radius 1 is 1.14 bits per heavy atom. The third-order valence-electron chi connectivity index (χ3n) is 5.02. The number of benzene rings is 1. The Bertz CT molecular complexity index is 784. The number of nitrogens with zero attached hydrogens (tertiary/aromatic N) is 3. The van der Waals surface area contributed by atoms with Gasteiger partial charge in [0.25, 0.3) is 0 Å². The van der Waals surface area contributed by atoms with Gasteiger partial charge in [0.05, 0.1) is 33.0 Å². The predicted molar refractivity (Wildman–Crippen MR) is 110 cm³/mol. The molecular weight excluding hydrogens is 372 g/mol. The summed E-state index contributed by atoms with van der Waals surface area (Å²) in [6, 6.07) is 11.6. The third kappa shape index (κ3) is 5.99. The van der Waals surface area contributed by atoms with Gasteiger partial charge in [-0.2, -0.15) is 0 Å². The molecule has 1 N–H and O–H groups in total. The van der Waals surface area contributed by atoms with E-state index < -0.39 is 0 Å². The van der Waals surface area contributed by atoms with E-state index in [1.54, 1.807) is 32.6 Å². The first-order valence-electron chi connectivity index (χ1n) is 9.69. The van der Waals surface area contributed by atoms with Crippen LogP contribution in [-0.2, 0) is 16.1 Å². The Balaban J connectivity index is 1.38. The van der Waals surface area contributed by atoms with Crippen LogP contribution >= 0.6 is 0 Å². The number of nitrogens with one attached hydrogen (secondary N) is 1. The standard InChI is InChI=1S/C21H28N4O4/c1-23(15-20(26)22-14-19-4-3-13-29-19)21(27)16-24-9-11-25(12-10-24)17-5-7-18(28-2)8-6-17/h3-8,13H,9-12,14-16H2,1-2H3,(H,22,26). The van der Waals surface area contributed by atoms with Crippen LogP contribution in [0.25, 0.3) is 0 Å². The molecule has 1 aromatic carbocycles. The summed E-state index contributed by atoms with van der Waals surface area (Å²) >= 11 is 0. The van der Waals surface area contributed by atoms with Gasteiger partial charge in [0.1, 0.15) is 11.5 Å². The van der Waals surface area contributed by atoms with Crippen LogP contribution in [0.4, 0.5) is 5.69 Å². The van der Waals surface area contributed by atoms with Crippen LogP contribution < -0.4 is 15.0 Å². The number of hydrogen-bond acceptors (Lipinski definition) is 6. The van der Waals surface area contributed by atoms with Crippen LogP contribution in [0, 0.1) is 0 Å². The molecule has 1 fully saturated rings. The number of rotatable bonds is 8. The van der Waals surface area contributed by atoms with E-state index in [4.69, 9.17) is 9.15 Å². The van der Waals surface area contributed by atoms with Crippen molar-refractivity contribution < 1.29 is 18.7 Å². The van der Waals surface area contributed by atoms with Crippen molar-refractivity contribution in [2.24, 2.45) is 0 Å². The minimum atomic E-state index is -0.207. The van der Waals surface area contributed by atoms with Gasteiger partial charge < -0.3 is 24.3 Å². The molecule has 8 heteroatoms. The summed E-state index contributed by atoms with van der Waals surface area (Å²) in [6.45, 7) is 3.98. The molecule has 0 bridgehead atoms. The second-order valence-electron chi connectivity index (χ2n) is 7.07. The Kier molecular flexibility index (Phi) is 7.13. The van der Waals surface area contributed by atoms with Crippen molar-refractivity contribution in [1.29, 1.82) is 0 Å². The Labute approximate surface area is 171 Å². The summed E-state index contributed by atoms with van der Waals surface area (Å²) in [5.74, 6) is 1.26. The normalized spacial score (nSPS) is 14.5. The lowest BCUT2D eigenvalue weighted by Crippen LogP contribution is -2.50. The molecule has 1 aliphatic heterocycles. The van der Waals surface area contributed by atoms with Crippen LogP contribution in [0.15, 0.2) is 47.1 Å². The second-order valence-corrected chi connectivity index (χ2v) is 7.07. The molecule has 1 saturated heterocycles. The number of methoxy groups -OCH3 is 1. The lowest BCUT2D eigenvalue weighted by molar-refractivity contribution is -0.135. The highest BCUT2D eigenvalue weighted by Gasteiger charge is 2.21. The summed E-state index contributed by atoms with van der Waals surface area (Å²) in [6.07, 6.45) is 1.56. The van der Waals surface area contributed by atoms with Crippen LogP contribution in [0.5, 0.6) is 5.75 Å². The molecule has 0 aliphatic carbocycles. The number of ether oxygens (including phenoxy) is 1. The zero-order valence-corrected chi connectivity index (χ0v) is 17.0. The molecule has 2 heterocycles. The van der Waals surface area contributed by atoms with E-state index in [1.165, 1.54) is 4.90 Å². The SMILES string of the molecule is COc1ccc(N2CCN(CC(=O)N(C)CC(=O)NCc3ccco3)CC2)cc1. The molecule has 156 valence electrons. The fourth-order valence-corrected chi connectivity index (χ4v) is 3.23. The van der Waals surface area contributed by atoms with E-state index in [2.05, 4.69) is 27.2 Å². The first kappa shape index (κ1) is 20.7. The van der Waals surface area contributed by atoms with E-state index in [0.29, 0.717) is 18.8 Å². The topological polar surface area (TPSA) is 78.3 Å². The molecule has 1 aromatic heterocycles. The first-order valence-corrected chi connectivity index (χ1v) is 9.69. The summed E-state index contributed by atoms with van der Waals surface area (Å²) < 4.78 is 10.4. The van der Waals surface area contributed by atoms with Crippen molar-refractivity contribution in [3.05, 3.63) is 48.4 Å². The molecule has 3 rings (SSSR count). The van der Waals surface area contributed by atoms with Gasteiger partial charge >= 0.3 is 0 Å². The van der Waals surface area contributed by atoms with Crippen molar-refractivity contribution in [3.8, 4) is 5.75 Å². The summed E-state index contributed by atoms with van der Waals surface area (Å²) in [4.78, 5) is 30.4. The largest absolute Gasteiger partial charge is 0.497 e. The lowest BCUT2D eigenvalue weighted by Gasteiger charge is -2.36. The molecular formula is C21H28N4O4. The molecule has 2 aromatic rings. The third-order valence-corrected chi connectivity index (χ3v) is 5.02. The first-order chi connectivity index (χ1) is 14.0. The van der Waals surface area contributed by atoms with Crippen LogP contribution in [0.2, 0.25) is 0 Å². The smallest absolute Gasteiger partial charge is 0.239 e. The predicted octanol–water partition coefficient (Wildman–Crippen LogP) is 1.19. The molecule has 0 atom stereocenters. The molecule has 2 amide bonds. The average Bonchev–Trinajstić information content (AvgIpc) is 3.26. The zero-order chi connectivity index (χ0) is 20.6. The highest BCUT2D eigenvalue weighted by Crippen LogP contribution is 2.20. The maximum atomic E-state index is 12.5. The molecule has 29 heavy (non-hydrogen) atoms. The molecule has 0 radical (unpaired) electrons. The Morgan fingerprint density at radius 2 is 1.86 bits per heavy atom. The maximum absolute atomic E-state index is 12.5. The zero-order valence-electron chi connectivity index (χ0n) is 17.0. The molecule has 0 unspecified atom stereocenters. The van der Waals surface area contributed by atoms with E-state index in [0.717, 1.165) is 37.6 Å². The monoisotopic (exact) mass is 400 g/mol. The number of hydrogen-bond donors (Lipinski definition) is 1. The summed E-state index contributed by atoms with van der Waals surface area (Å²) in [7, 11) is 3.31. The van der Waals surface area contributed by atoms with E-state index in [9.17, 15) is 9.59 Å². The Morgan fingerprint density at radius 3 is 2.48 bits per heavy atom. The van der Waals surface area contributed by atoms with Gasteiger partial charge in [-0.25, -0.2) is 0 Å². The van der Waals surface area contributed by atoms with Crippen molar-refractivity contribution in [2.75, 3.05) is 58.3 Å². The number of piperazine rings is 1. The summed E-state index contributed by atoms with van der Waals surface area (Å²) in [5.41, 5.74) is 1.15. The Hall–Kier alpha value is -3.00. The minimum Gasteiger partial charge on any atom is -0.497 e.